The number of anilines is 1. The fourth-order valence-corrected chi connectivity index (χ4v) is 1.74. The fraction of sp³-hybridized carbons (Fsp3) is 0.0714. The third-order valence-electron chi connectivity index (χ3n) is 2.66. The Morgan fingerprint density at radius 1 is 1.35 bits per heavy atom. The SMILES string of the molecule is C=CCNc1ccc(-c2ccc(C=O)o2)cc1[N+](=O)[O-]. The lowest BCUT2D eigenvalue weighted by Gasteiger charge is -2.06. The molecule has 1 aromatic carbocycles. The second-order valence-electron chi connectivity index (χ2n) is 3.98. The van der Waals surface area contributed by atoms with E-state index in [9.17, 15) is 14.9 Å². The number of aldehydes is 1. The van der Waals surface area contributed by atoms with E-state index in [4.69, 9.17) is 4.42 Å². The smallest absolute Gasteiger partial charge is 0.293 e. The summed E-state index contributed by atoms with van der Waals surface area (Å²) in [5.41, 5.74) is 0.878. The Bertz CT molecular complexity index is 661. The predicted molar refractivity (Wildman–Crippen MR) is 74.9 cm³/mol. The van der Waals surface area contributed by atoms with Crippen LogP contribution in [0.1, 0.15) is 10.6 Å². The third kappa shape index (κ3) is 2.74. The number of rotatable bonds is 6. The Morgan fingerprint density at radius 3 is 2.75 bits per heavy atom. The quantitative estimate of drug-likeness (QED) is 0.377. The summed E-state index contributed by atoms with van der Waals surface area (Å²) in [7, 11) is 0. The molecular weight excluding hydrogens is 260 g/mol. The molecule has 0 atom stereocenters. The van der Waals surface area contributed by atoms with Crippen LogP contribution in [0.15, 0.2) is 47.4 Å². The molecule has 0 radical (unpaired) electrons. The molecule has 0 aliphatic carbocycles. The van der Waals surface area contributed by atoms with Gasteiger partial charge in [-0.2, -0.15) is 0 Å². The van der Waals surface area contributed by atoms with Gasteiger partial charge in [-0.25, -0.2) is 0 Å². The first kappa shape index (κ1) is 13.5. The Balaban J connectivity index is 2.41. The first-order valence-corrected chi connectivity index (χ1v) is 5.84. The molecule has 0 spiro atoms. The van der Waals surface area contributed by atoms with Crippen molar-refractivity contribution < 1.29 is 14.1 Å². The van der Waals surface area contributed by atoms with Crippen molar-refractivity contribution in [3.63, 3.8) is 0 Å². The fourth-order valence-electron chi connectivity index (χ4n) is 1.74. The maximum atomic E-state index is 11.1. The van der Waals surface area contributed by atoms with Crippen LogP contribution in [-0.2, 0) is 0 Å². The van der Waals surface area contributed by atoms with E-state index in [0.717, 1.165) is 0 Å². The molecule has 0 unspecified atom stereocenters. The Kier molecular flexibility index (Phi) is 3.95. The zero-order valence-electron chi connectivity index (χ0n) is 10.5. The highest BCUT2D eigenvalue weighted by Crippen LogP contribution is 2.31. The molecule has 102 valence electrons. The van der Waals surface area contributed by atoms with Crippen LogP contribution in [0.4, 0.5) is 11.4 Å². The summed E-state index contributed by atoms with van der Waals surface area (Å²) >= 11 is 0. The van der Waals surface area contributed by atoms with Gasteiger partial charge in [-0.1, -0.05) is 6.08 Å². The van der Waals surface area contributed by atoms with Gasteiger partial charge in [-0.3, -0.25) is 14.9 Å². The second-order valence-corrected chi connectivity index (χ2v) is 3.98. The summed E-state index contributed by atoms with van der Waals surface area (Å²) in [5, 5.41) is 14.0. The molecule has 6 nitrogen and oxygen atoms in total. The highest BCUT2D eigenvalue weighted by molar-refractivity contribution is 5.75. The van der Waals surface area contributed by atoms with Crippen LogP contribution in [0.2, 0.25) is 0 Å². The molecular formula is C14H12N2O4. The second kappa shape index (κ2) is 5.83. The lowest BCUT2D eigenvalue weighted by atomic mass is 10.1. The van der Waals surface area contributed by atoms with Gasteiger partial charge in [-0.05, 0) is 24.3 Å². The van der Waals surface area contributed by atoms with Gasteiger partial charge >= 0.3 is 0 Å². The molecule has 6 heteroatoms. The van der Waals surface area contributed by atoms with Gasteiger partial charge in [0.1, 0.15) is 11.4 Å². The van der Waals surface area contributed by atoms with Crippen LogP contribution < -0.4 is 5.32 Å². The van der Waals surface area contributed by atoms with Gasteiger partial charge in [0.15, 0.2) is 12.0 Å². The van der Waals surface area contributed by atoms with Crippen LogP contribution in [0.3, 0.4) is 0 Å². The first-order valence-electron chi connectivity index (χ1n) is 5.84. The Labute approximate surface area is 114 Å². The van der Waals surface area contributed by atoms with Crippen molar-refractivity contribution in [2.24, 2.45) is 0 Å². The average Bonchev–Trinajstić information content (AvgIpc) is 2.93. The molecule has 1 heterocycles. The monoisotopic (exact) mass is 272 g/mol. The number of carbonyl (C=O) groups excluding carboxylic acids is 1. The van der Waals surface area contributed by atoms with Crippen LogP contribution in [0.25, 0.3) is 11.3 Å². The van der Waals surface area contributed by atoms with Crippen molar-refractivity contribution in [3.05, 3.63) is 58.9 Å². The van der Waals surface area contributed by atoms with Crippen molar-refractivity contribution in [3.8, 4) is 11.3 Å². The first-order chi connectivity index (χ1) is 9.65. The molecule has 1 aromatic heterocycles. The van der Waals surface area contributed by atoms with Gasteiger partial charge in [0.25, 0.3) is 5.69 Å². The molecule has 2 aromatic rings. The maximum Gasteiger partial charge on any atom is 0.293 e. The topological polar surface area (TPSA) is 85.4 Å². The largest absolute Gasteiger partial charge is 0.453 e. The average molecular weight is 272 g/mol. The highest BCUT2D eigenvalue weighted by Gasteiger charge is 2.16. The van der Waals surface area contributed by atoms with Crippen LogP contribution in [-0.4, -0.2) is 17.8 Å². The van der Waals surface area contributed by atoms with E-state index < -0.39 is 4.92 Å². The summed E-state index contributed by atoms with van der Waals surface area (Å²) in [6, 6.07) is 7.79. The number of nitro groups is 1. The molecule has 0 saturated carbocycles. The summed E-state index contributed by atoms with van der Waals surface area (Å²) in [5.74, 6) is 0.585. The third-order valence-corrected chi connectivity index (χ3v) is 2.66. The van der Waals surface area contributed by atoms with Gasteiger partial charge in [-0.15, -0.1) is 6.58 Å². The van der Waals surface area contributed by atoms with E-state index in [1.807, 2.05) is 0 Å². The number of benzene rings is 1. The molecule has 0 aliphatic rings. The minimum atomic E-state index is -0.474. The van der Waals surface area contributed by atoms with Crippen molar-refractivity contribution in [2.45, 2.75) is 0 Å². The van der Waals surface area contributed by atoms with E-state index in [1.165, 1.54) is 12.1 Å². The minimum Gasteiger partial charge on any atom is -0.453 e. The summed E-state index contributed by atoms with van der Waals surface area (Å²) in [6.45, 7) is 3.97. The summed E-state index contributed by atoms with van der Waals surface area (Å²) in [4.78, 5) is 21.2. The standard InChI is InChI=1S/C14H12N2O4/c1-2-7-15-12-5-3-10(8-13(12)16(18)19)14-6-4-11(9-17)20-14/h2-6,8-9,15H,1,7H2. The lowest BCUT2D eigenvalue weighted by Crippen LogP contribution is -2.01. The molecule has 0 fully saturated rings. The van der Waals surface area contributed by atoms with E-state index in [2.05, 4.69) is 11.9 Å². The van der Waals surface area contributed by atoms with E-state index in [-0.39, 0.29) is 11.4 Å². The minimum absolute atomic E-state index is 0.0617. The number of furan rings is 1. The van der Waals surface area contributed by atoms with Crippen LogP contribution in [0, 0.1) is 10.1 Å². The zero-order valence-corrected chi connectivity index (χ0v) is 10.5. The van der Waals surface area contributed by atoms with E-state index in [1.54, 1.807) is 24.3 Å². The van der Waals surface area contributed by atoms with Crippen molar-refractivity contribution in [1.29, 1.82) is 0 Å². The number of hydrogen-bond acceptors (Lipinski definition) is 5. The number of nitro benzene ring substituents is 1. The van der Waals surface area contributed by atoms with Gasteiger partial charge in [0, 0.05) is 18.2 Å². The molecule has 0 bridgehead atoms. The van der Waals surface area contributed by atoms with Gasteiger partial charge < -0.3 is 9.73 Å². The van der Waals surface area contributed by atoms with Crippen molar-refractivity contribution in [1.82, 2.24) is 0 Å². The zero-order chi connectivity index (χ0) is 14.5. The van der Waals surface area contributed by atoms with E-state index in [0.29, 0.717) is 29.8 Å². The van der Waals surface area contributed by atoms with Crippen molar-refractivity contribution >= 4 is 17.7 Å². The van der Waals surface area contributed by atoms with Gasteiger partial charge in [0.2, 0.25) is 0 Å². The molecule has 0 saturated heterocycles. The van der Waals surface area contributed by atoms with Crippen LogP contribution in [0.5, 0.6) is 0 Å². The summed E-state index contributed by atoms with van der Waals surface area (Å²) < 4.78 is 5.25. The Morgan fingerprint density at radius 2 is 2.15 bits per heavy atom. The number of hydrogen-bond donors (Lipinski definition) is 1. The van der Waals surface area contributed by atoms with E-state index >= 15 is 0 Å². The molecule has 2 rings (SSSR count). The predicted octanol–water partition coefficient (Wildman–Crippen LogP) is 3.27. The normalized spacial score (nSPS) is 10.0. The molecule has 1 N–H and O–H groups in total. The number of nitrogens with one attached hydrogen (secondary N) is 1. The summed E-state index contributed by atoms with van der Waals surface area (Å²) in [6.07, 6.45) is 2.19. The number of carbonyl (C=O) groups is 1. The van der Waals surface area contributed by atoms with Gasteiger partial charge in [0.05, 0.1) is 4.92 Å². The number of nitrogens with zero attached hydrogens (tertiary/aromatic N) is 1. The highest BCUT2D eigenvalue weighted by atomic mass is 16.6. The molecule has 20 heavy (non-hydrogen) atoms. The maximum absolute atomic E-state index is 11.1. The van der Waals surface area contributed by atoms with Crippen molar-refractivity contribution in [2.75, 3.05) is 11.9 Å². The van der Waals surface area contributed by atoms with Crippen LogP contribution >= 0.6 is 0 Å². The molecule has 0 aliphatic heterocycles. The lowest BCUT2D eigenvalue weighted by molar-refractivity contribution is -0.383. The Hall–Kier alpha value is -2.89. The molecule has 0 amide bonds.